The lowest BCUT2D eigenvalue weighted by Gasteiger charge is -2.59. The molecule has 1 atom stereocenters. The van der Waals surface area contributed by atoms with Crippen LogP contribution in [0.3, 0.4) is 0 Å². The first kappa shape index (κ1) is 25.5. The molecule has 9 heteroatoms. The quantitative estimate of drug-likeness (QED) is 0.470. The molecule has 38 heavy (non-hydrogen) atoms. The summed E-state index contributed by atoms with van der Waals surface area (Å²) >= 11 is 6.35. The zero-order valence-electron chi connectivity index (χ0n) is 22.0. The standard InChI is InChI=1S/C29H34ClN5O3/c1-19(9-20-11-25(36)35(32-14-20)26-5-3-4-8-38-26)16-34-17-29(18-34)12-21(13-29)10-22-6-7-24(30)27-23(22)15-31-33(2)28(27)37/h6-7,9,11,14-15,21,26H,3-5,8,10,12-13,16-18H2,1-2H3/b19-9+. The summed E-state index contributed by atoms with van der Waals surface area (Å²) in [6.45, 7) is 5.93. The molecule has 4 heterocycles. The zero-order valence-corrected chi connectivity index (χ0v) is 22.8. The van der Waals surface area contributed by atoms with Crippen molar-refractivity contribution in [1.29, 1.82) is 0 Å². The van der Waals surface area contributed by atoms with E-state index in [9.17, 15) is 9.59 Å². The van der Waals surface area contributed by atoms with Gasteiger partial charge < -0.3 is 4.74 Å². The summed E-state index contributed by atoms with van der Waals surface area (Å²) in [5.41, 5.74) is 3.40. The Morgan fingerprint density at radius 1 is 1.18 bits per heavy atom. The van der Waals surface area contributed by atoms with Crippen molar-refractivity contribution in [2.45, 2.75) is 51.7 Å². The van der Waals surface area contributed by atoms with Gasteiger partial charge in [0.15, 0.2) is 6.23 Å². The second-order valence-electron chi connectivity index (χ2n) is 11.6. The molecule has 3 fully saturated rings. The van der Waals surface area contributed by atoms with Gasteiger partial charge in [-0.2, -0.15) is 10.2 Å². The van der Waals surface area contributed by atoms with Crippen molar-refractivity contribution in [2.24, 2.45) is 18.4 Å². The third-order valence-electron chi connectivity index (χ3n) is 8.38. The Bertz CT molecular complexity index is 1510. The maximum Gasteiger partial charge on any atom is 0.275 e. The molecule has 2 saturated heterocycles. The van der Waals surface area contributed by atoms with Crippen LogP contribution in [0.15, 0.2) is 45.8 Å². The lowest BCUT2D eigenvalue weighted by Crippen LogP contribution is -2.62. The summed E-state index contributed by atoms with van der Waals surface area (Å²) < 4.78 is 8.52. The molecule has 2 aliphatic heterocycles. The number of likely N-dealkylation sites (tertiary alicyclic amines) is 1. The molecule has 3 aliphatic rings. The fourth-order valence-corrected chi connectivity index (χ4v) is 7.00. The molecule has 0 bridgehead atoms. The Morgan fingerprint density at radius 3 is 2.74 bits per heavy atom. The second kappa shape index (κ2) is 10.1. The lowest BCUT2D eigenvalue weighted by molar-refractivity contribution is -0.0891. The highest BCUT2D eigenvalue weighted by Gasteiger charge is 2.51. The highest BCUT2D eigenvalue weighted by atomic mass is 35.5. The Balaban J connectivity index is 1.03. The molecule has 1 aliphatic carbocycles. The van der Waals surface area contributed by atoms with E-state index in [1.54, 1.807) is 25.5 Å². The van der Waals surface area contributed by atoms with E-state index in [4.69, 9.17) is 16.3 Å². The smallest absolute Gasteiger partial charge is 0.275 e. The number of aryl methyl sites for hydroxylation is 1. The van der Waals surface area contributed by atoms with Gasteiger partial charge in [0.05, 0.1) is 22.8 Å². The van der Waals surface area contributed by atoms with Crippen LogP contribution in [0, 0.1) is 11.3 Å². The van der Waals surface area contributed by atoms with Crippen molar-refractivity contribution in [1.82, 2.24) is 24.5 Å². The number of hydrogen-bond donors (Lipinski definition) is 0. The van der Waals surface area contributed by atoms with Crippen molar-refractivity contribution in [3.63, 3.8) is 0 Å². The minimum atomic E-state index is -0.235. The first-order valence-corrected chi connectivity index (χ1v) is 13.9. The van der Waals surface area contributed by atoms with Gasteiger partial charge in [-0.25, -0.2) is 9.36 Å². The van der Waals surface area contributed by atoms with Gasteiger partial charge >= 0.3 is 0 Å². The van der Waals surface area contributed by atoms with E-state index in [2.05, 4.69) is 28.1 Å². The van der Waals surface area contributed by atoms with E-state index in [0.29, 0.717) is 28.3 Å². The summed E-state index contributed by atoms with van der Waals surface area (Å²) in [7, 11) is 1.65. The summed E-state index contributed by atoms with van der Waals surface area (Å²) in [6, 6.07) is 5.55. The highest BCUT2D eigenvalue weighted by molar-refractivity contribution is 6.35. The SMILES string of the molecule is C/C(=C\c1cnn(C2CCCCO2)c(=O)c1)CN1CC2(CC(Cc3ccc(Cl)c4c(=O)n(C)ncc34)C2)C1. The predicted molar refractivity (Wildman–Crippen MR) is 148 cm³/mol. The molecule has 2 aromatic heterocycles. The highest BCUT2D eigenvalue weighted by Crippen LogP contribution is 2.53. The topological polar surface area (TPSA) is 82.3 Å². The molecule has 1 unspecified atom stereocenters. The number of nitrogens with zero attached hydrogens (tertiary/aromatic N) is 5. The predicted octanol–water partition coefficient (Wildman–Crippen LogP) is 4.20. The van der Waals surface area contributed by atoms with Gasteiger partial charge in [-0.15, -0.1) is 0 Å². The first-order valence-electron chi connectivity index (χ1n) is 13.5. The molecule has 200 valence electrons. The number of ether oxygens (including phenoxy) is 1. The Labute approximate surface area is 226 Å². The van der Waals surface area contributed by atoms with E-state index in [0.717, 1.165) is 61.8 Å². The third kappa shape index (κ3) is 4.85. The monoisotopic (exact) mass is 535 g/mol. The average molecular weight is 536 g/mol. The van der Waals surface area contributed by atoms with Crippen molar-refractivity contribution < 1.29 is 4.74 Å². The maximum atomic E-state index is 12.6. The van der Waals surface area contributed by atoms with Gasteiger partial charge in [-0.1, -0.05) is 29.3 Å². The van der Waals surface area contributed by atoms with Gasteiger partial charge in [0.2, 0.25) is 0 Å². The Kier molecular flexibility index (Phi) is 6.74. The van der Waals surface area contributed by atoms with Crippen LogP contribution in [0.25, 0.3) is 16.8 Å². The molecule has 0 amide bonds. The van der Waals surface area contributed by atoms with Crippen molar-refractivity contribution in [3.05, 3.63) is 73.0 Å². The molecule has 0 N–H and O–H groups in total. The number of rotatable bonds is 6. The van der Waals surface area contributed by atoms with E-state index in [1.807, 2.05) is 12.1 Å². The van der Waals surface area contributed by atoms with Gasteiger partial charge in [-0.3, -0.25) is 14.5 Å². The van der Waals surface area contributed by atoms with Crippen LogP contribution in [-0.2, 0) is 18.2 Å². The molecular formula is C29H34ClN5O3. The van der Waals surface area contributed by atoms with E-state index < -0.39 is 0 Å². The van der Waals surface area contributed by atoms with Gasteiger partial charge in [0.1, 0.15) is 0 Å². The minimum absolute atomic E-state index is 0.105. The number of aromatic nitrogens is 4. The second-order valence-corrected chi connectivity index (χ2v) is 12.0. The van der Waals surface area contributed by atoms with Crippen molar-refractivity contribution in [3.8, 4) is 0 Å². The average Bonchev–Trinajstić information content (AvgIpc) is 2.85. The van der Waals surface area contributed by atoms with Crippen LogP contribution < -0.4 is 11.1 Å². The molecular weight excluding hydrogens is 502 g/mol. The van der Waals surface area contributed by atoms with Crippen LogP contribution in [-0.4, -0.2) is 50.7 Å². The number of halogens is 1. The van der Waals surface area contributed by atoms with Crippen molar-refractivity contribution >= 4 is 28.4 Å². The van der Waals surface area contributed by atoms with Crippen LogP contribution in [0.5, 0.6) is 0 Å². The number of hydrogen-bond acceptors (Lipinski definition) is 6. The Hall–Kier alpha value is -2.81. The van der Waals surface area contributed by atoms with Gasteiger partial charge in [-0.05, 0) is 68.4 Å². The molecule has 6 rings (SSSR count). The minimum Gasteiger partial charge on any atom is -0.356 e. The first-order chi connectivity index (χ1) is 18.3. The molecule has 1 aromatic carbocycles. The summed E-state index contributed by atoms with van der Waals surface area (Å²) in [6.07, 6.45) is 11.7. The maximum absolute atomic E-state index is 12.6. The van der Waals surface area contributed by atoms with E-state index >= 15 is 0 Å². The van der Waals surface area contributed by atoms with Crippen molar-refractivity contribution in [2.75, 3.05) is 26.2 Å². The van der Waals surface area contributed by atoms with Crippen LogP contribution in [0.2, 0.25) is 5.02 Å². The summed E-state index contributed by atoms with van der Waals surface area (Å²) in [5.74, 6) is 0.618. The third-order valence-corrected chi connectivity index (χ3v) is 8.70. The molecule has 0 radical (unpaired) electrons. The van der Waals surface area contributed by atoms with E-state index in [-0.39, 0.29) is 17.3 Å². The Morgan fingerprint density at radius 2 is 2.00 bits per heavy atom. The fourth-order valence-electron chi connectivity index (χ4n) is 6.76. The molecule has 3 aromatic rings. The van der Waals surface area contributed by atoms with E-state index in [1.165, 1.54) is 27.8 Å². The lowest BCUT2D eigenvalue weighted by atomic mass is 9.56. The molecule has 1 spiro atoms. The van der Waals surface area contributed by atoms with Crippen LogP contribution in [0.1, 0.15) is 56.4 Å². The summed E-state index contributed by atoms with van der Waals surface area (Å²) in [5, 5.41) is 10.5. The zero-order chi connectivity index (χ0) is 26.4. The van der Waals surface area contributed by atoms with Crippen LogP contribution in [0.4, 0.5) is 0 Å². The summed E-state index contributed by atoms with van der Waals surface area (Å²) in [4.78, 5) is 27.6. The normalized spacial score (nSPS) is 22.0. The number of fused-ring (bicyclic) bond motifs is 1. The fraction of sp³-hybridized carbons (Fsp3) is 0.517. The van der Waals surface area contributed by atoms with Gasteiger partial charge in [0, 0.05) is 50.3 Å². The largest absolute Gasteiger partial charge is 0.356 e. The van der Waals surface area contributed by atoms with Gasteiger partial charge in [0.25, 0.3) is 11.1 Å². The number of benzene rings is 1. The molecule has 8 nitrogen and oxygen atoms in total. The van der Waals surface area contributed by atoms with Crippen LogP contribution >= 0.6 is 11.6 Å². The molecule has 1 saturated carbocycles.